The summed E-state index contributed by atoms with van der Waals surface area (Å²) in [5.41, 5.74) is 1.73. The molecule has 10 nitrogen and oxygen atoms in total. The van der Waals surface area contributed by atoms with Crippen molar-refractivity contribution in [3.63, 3.8) is 0 Å². The molecule has 2 N–H and O–H groups in total. The Morgan fingerprint density at radius 1 is 1.26 bits per heavy atom. The SMILES string of the molecule is C[C@H]1COC(=O)N1c1cccc(N2C[C@@](C)(COC(C)(C)C)C(=C/N(C)C)/C2=N\CNC2=CC3C(C=CC2)C3C2CCCNC2)n1. The Morgan fingerprint density at radius 3 is 2.76 bits per heavy atom. The number of allylic oxidation sites excluding steroid dienone is 3. The lowest BCUT2D eigenvalue weighted by Crippen LogP contribution is -2.35. The Morgan fingerprint density at radius 2 is 2.07 bits per heavy atom. The van der Waals surface area contributed by atoms with Crippen molar-refractivity contribution in [2.45, 2.75) is 65.5 Å². The number of carbonyl (C=O) groups is 1. The predicted molar refractivity (Wildman–Crippen MR) is 184 cm³/mol. The van der Waals surface area contributed by atoms with Gasteiger partial charge in [0.2, 0.25) is 0 Å². The quantitative estimate of drug-likeness (QED) is 0.361. The molecule has 6 atom stereocenters. The summed E-state index contributed by atoms with van der Waals surface area (Å²) in [5, 5.41) is 7.29. The average Bonchev–Trinajstić information content (AvgIpc) is 3.55. The number of ether oxygens (including phenoxy) is 2. The molecule has 0 radical (unpaired) electrons. The molecule has 250 valence electrons. The summed E-state index contributed by atoms with van der Waals surface area (Å²) in [7, 11) is 4.09. The molecule has 0 spiro atoms. The molecular formula is C36H53N7O3. The summed E-state index contributed by atoms with van der Waals surface area (Å²) in [6, 6.07) is 5.74. The third kappa shape index (κ3) is 6.98. The Kier molecular flexibility index (Phi) is 9.22. The van der Waals surface area contributed by atoms with E-state index >= 15 is 0 Å². The van der Waals surface area contributed by atoms with Crippen molar-refractivity contribution in [3.05, 3.63) is 53.9 Å². The first kappa shape index (κ1) is 32.6. The zero-order chi connectivity index (χ0) is 32.6. The van der Waals surface area contributed by atoms with Crippen LogP contribution in [0, 0.1) is 29.1 Å². The van der Waals surface area contributed by atoms with E-state index in [0.29, 0.717) is 44.1 Å². The highest BCUT2D eigenvalue weighted by Gasteiger charge is 2.51. The van der Waals surface area contributed by atoms with Crippen LogP contribution in [0.5, 0.6) is 0 Å². The van der Waals surface area contributed by atoms with Crippen LogP contribution >= 0.6 is 0 Å². The molecule has 4 fully saturated rings. The van der Waals surface area contributed by atoms with Gasteiger partial charge in [-0.2, -0.15) is 0 Å². The highest BCUT2D eigenvalue weighted by Crippen LogP contribution is 2.55. The first-order valence-electron chi connectivity index (χ1n) is 17.0. The van der Waals surface area contributed by atoms with Gasteiger partial charge in [0.25, 0.3) is 0 Å². The minimum atomic E-state index is -0.362. The third-order valence-corrected chi connectivity index (χ3v) is 9.89. The van der Waals surface area contributed by atoms with Crippen LogP contribution in [-0.2, 0) is 9.47 Å². The van der Waals surface area contributed by atoms with Crippen LogP contribution < -0.4 is 20.4 Å². The molecule has 1 aromatic rings. The number of aromatic nitrogens is 1. The molecule has 1 aromatic heterocycles. The second kappa shape index (κ2) is 13.0. The average molecular weight is 632 g/mol. The summed E-state index contributed by atoms with van der Waals surface area (Å²) in [6.45, 7) is 14.8. The maximum absolute atomic E-state index is 12.6. The lowest BCUT2D eigenvalue weighted by Gasteiger charge is -2.30. The van der Waals surface area contributed by atoms with E-state index in [9.17, 15) is 4.79 Å². The number of fused-ring (bicyclic) bond motifs is 1. The van der Waals surface area contributed by atoms with Crippen LogP contribution in [0.1, 0.15) is 53.9 Å². The van der Waals surface area contributed by atoms with Crippen LogP contribution in [0.4, 0.5) is 16.4 Å². The monoisotopic (exact) mass is 631 g/mol. The Bertz CT molecular complexity index is 1410. The first-order chi connectivity index (χ1) is 21.9. The van der Waals surface area contributed by atoms with Crippen molar-refractivity contribution in [1.82, 2.24) is 20.5 Å². The zero-order valence-corrected chi connectivity index (χ0v) is 28.8. The maximum atomic E-state index is 12.6. The van der Waals surface area contributed by atoms with Gasteiger partial charge >= 0.3 is 6.09 Å². The molecule has 2 aliphatic carbocycles. The van der Waals surface area contributed by atoms with E-state index in [0.717, 1.165) is 48.6 Å². The zero-order valence-electron chi connectivity index (χ0n) is 28.8. The normalized spacial score (nSPS) is 32.8. The van der Waals surface area contributed by atoms with Crippen molar-refractivity contribution >= 4 is 23.6 Å². The van der Waals surface area contributed by atoms with Crippen molar-refractivity contribution < 1.29 is 14.3 Å². The van der Waals surface area contributed by atoms with Crippen LogP contribution in [0.15, 0.2) is 58.9 Å². The van der Waals surface area contributed by atoms with E-state index in [1.54, 1.807) is 4.90 Å². The summed E-state index contributed by atoms with van der Waals surface area (Å²) < 4.78 is 11.7. The van der Waals surface area contributed by atoms with E-state index in [1.165, 1.54) is 18.5 Å². The molecule has 3 saturated heterocycles. The second-order valence-electron chi connectivity index (χ2n) is 15.2. The molecule has 3 aliphatic heterocycles. The number of amides is 1. The van der Waals surface area contributed by atoms with Crippen LogP contribution in [0.25, 0.3) is 0 Å². The summed E-state index contributed by atoms with van der Waals surface area (Å²) in [6.07, 6.45) is 12.6. The molecule has 1 saturated carbocycles. The van der Waals surface area contributed by atoms with Crippen LogP contribution in [0.3, 0.4) is 0 Å². The van der Waals surface area contributed by atoms with Gasteiger partial charge in [0.15, 0.2) is 0 Å². The molecule has 1 amide bonds. The fourth-order valence-electron chi connectivity index (χ4n) is 7.49. The molecule has 0 bridgehead atoms. The number of aliphatic imine (C=N–C) groups is 1. The molecule has 0 aromatic carbocycles. The standard InChI is InChI=1S/C36H53N7O3/c1-24-20-45-34(44)43(24)31-15-9-14-30(40-31)42-21-36(5,22-46-35(2,3)4)29(19-41(6)7)33(42)39-23-38-26-12-8-13-27-28(17-26)32(27)25-11-10-16-37-18-25/h8-9,13-15,17,19,24-25,27-28,32,37-38H,10-12,16,18,20-23H2,1-7H3/b29-19+,39-33+/t24-,25?,27?,28?,32?,36-/m0/s1. The van der Waals surface area contributed by atoms with Crippen molar-refractivity contribution in [2.24, 2.45) is 34.1 Å². The minimum absolute atomic E-state index is 0.0808. The lowest BCUT2D eigenvalue weighted by atomic mass is 9.85. The molecular weight excluding hydrogens is 578 g/mol. The molecule has 4 unspecified atom stereocenters. The van der Waals surface area contributed by atoms with Gasteiger partial charge < -0.3 is 29.9 Å². The van der Waals surface area contributed by atoms with E-state index in [-0.39, 0.29) is 23.2 Å². The van der Waals surface area contributed by atoms with Crippen molar-refractivity contribution in [1.29, 1.82) is 0 Å². The first-order valence-corrected chi connectivity index (χ1v) is 17.0. The smallest absolute Gasteiger partial charge is 0.415 e. The molecule has 46 heavy (non-hydrogen) atoms. The number of carbonyl (C=O) groups excluding carboxylic acids is 1. The van der Waals surface area contributed by atoms with E-state index in [1.807, 2.05) is 39.2 Å². The summed E-state index contributed by atoms with van der Waals surface area (Å²) in [5.74, 6) is 5.02. The van der Waals surface area contributed by atoms with Crippen molar-refractivity contribution in [2.75, 3.05) is 63.4 Å². The van der Waals surface area contributed by atoms with Gasteiger partial charge in [0.05, 0.1) is 18.2 Å². The number of hydrogen-bond acceptors (Lipinski definition) is 8. The maximum Gasteiger partial charge on any atom is 0.415 e. The second-order valence-corrected chi connectivity index (χ2v) is 15.2. The molecule has 10 heteroatoms. The van der Waals surface area contributed by atoms with Gasteiger partial charge in [0.1, 0.15) is 30.7 Å². The van der Waals surface area contributed by atoms with E-state index in [2.05, 4.69) is 72.6 Å². The predicted octanol–water partition coefficient (Wildman–Crippen LogP) is 5.16. The number of nitrogens with one attached hydrogen (secondary N) is 2. The fraction of sp³-hybridized carbons (Fsp3) is 0.639. The number of piperidine rings is 1. The Labute approximate surface area is 275 Å². The highest BCUT2D eigenvalue weighted by atomic mass is 16.6. The van der Waals surface area contributed by atoms with E-state index in [4.69, 9.17) is 19.5 Å². The Balaban J connectivity index is 1.28. The van der Waals surface area contributed by atoms with Gasteiger partial charge in [-0.15, -0.1) is 0 Å². The minimum Gasteiger partial charge on any atom is -0.447 e. The number of anilines is 2. The van der Waals surface area contributed by atoms with Gasteiger partial charge in [-0.25, -0.2) is 14.8 Å². The van der Waals surface area contributed by atoms with Gasteiger partial charge in [-0.1, -0.05) is 31.2 Å². The molecule has 5 aliphatic rings. The van der Waals surface area contributed by atoms with Gasteiger partial charge in [0, 0.05) is 49.9 Å². The number of pyridine rings is 1. The number of rotatable bonds is 9. The largest absolute Gasteiger partial charge is 0.447 e. The van der Waals surface area contributed by atoms with Gasteiger partial charge in [-0.05, 0) is 89.4 Å². The van der Waals surface area contributed by atoms with Crippen molar-refractivity contribution in [3.8, 4) is 0 Å². The third-order valence-electron chi connectivity index (χ3n) is 9.89. The number of cyclic esters (lactones) is 1. The number of nitrogens with zero attached hydrogens (tertiary/aromatic N) is 5. The summed E-state index contributed by atoms with van der Waals surface area (Å²) in [4.78, 5) is 28.7. The highest BCUT2D eigenvalue weighted by molar-refractivity contribution is 6.13. The van der Waals surface area contributed by atoms with Gasteiger partial charge in [-0.3, -0.25) is 4.90 Å². The topological polar surface area (TPSA) is 94.6 Å². The Hall–Kier alpha value is -3.37. The fourth-order valence-corrected chi connectivity index (χ4v) is 7.49. The molecule has 6 rings (SSSR count). The lowest BCUT2D eigenvalue weighted by molar-refractivity contribution is -0.0334. The van der Waals surface area contributed by atoms with E-state index < -0.39 is 0 Å². The number of hydrogen-bond donors (Lipinski definition) is 2. The molecule has 4 heterocycles. The van der Waals surface area contributed by atoms with Crippen LogP contribution in [-0.4, -0.2) is 87.1 Å². The van der Waals surface area contributed by atoms with Crippen LogP contribution in [0.2, 0.25) is 0 Å². The number of amidine groups is 1. The summed E-state index contributed by atoms with van der Waals surface area (Å²) >= 11 is 0.